The number of aromatic nitrogens is 2. The summed E-state index contributed by atoms with van der Waals surface area (Å²) in [7, 11) is 1.55. The van der Waals surface area contributed by atoms with Crippen LogP contribution in [0.1, 0.15) is 26.6 Å². The lowest BCUT2D eigenvalue weighted by atomic mass is 10.1. The van der Waals surface area contributed by atoms with Crippen molar-refractivity contribution >= 4 is 17.5 Å². The maximum absolute atomic E-state index is 13.0. The van der Waals surface area contributed by atoms with Gasteiger partial charge in [0.15, 0.2) is 0 Å². The quantitative estimate of drug-likeness (QED) is 0.428. The number of methoxy groups -OCH3 is 1. The van der Waals surface area contributed by atoms with Crippen LogP contribution in [-0.2, 0) is 0 Å². The molecule has 158 valence electrons. The summed E-state index contributed by atoms with van der Waals surface area (Å²) in [5.41, 5.74) is 1.90. The molecule has 1 aromatic heterocycles. The number of ether oxygens (including phenoxy) is 2. The zero-order valence-corrected chi connectivity index (χ0v) is 17.2. The number of rotatable bonds is 5. The van der Waals surface area contributed by atoms with Crippen LogP contribution in [0.5, 0.6) is 17.2 Å². The molecule has 0 unspecified atom stereocenters. The van der Waals surface area contributed by atoms with Crippen molar-refractivity contribution in [2.75, 3.05) is 12.0 Å². The highest BCUT2D eigenvalue weighted by molar-refractivity contribution is 6.34. The lowest BCUT2D eigenvalue weighted by Crippen LogP contribution is -2.29. The summed E-state index contributed by atoms with van der Waals surface area (Å²) in [5, 5.41) is 3.89. The molecule has 1 aliphatic heterocycles. The number of benzene rings is 3. The van der Waals surface area contributed by atoms with Crippen LogP contribution in [0.25, 0.3) is 11.4 Å². The van der Waals surface area contributed by atoms with Crippen LogP contribution in [0, 0.1) is 6.92 Å². The number of nitrogens with zero attached hydrogens (tertiary/aromatic N) is 3. The fourth-order valence-corrected chi connectivity index (χ4v) is 3.47. The first-order valence-electron chi connectivity index (χ1n) is 9.79. The van der Waals surface area contributed by atoms with Gasteiger partial charge in [0.1, 0.15) is 17.2 Å². The van der Waals surface area contributed by atoms with Gasteiger partial charge in [-0.2, -0.15) is 4.98 Å². The average molecular weight is 427 g/mol. The van der Waals surface area contributed by atoms with E-state index in [2.05, 4.69) is 10.1 Å². The Bertz CT molecular complexity index is 1330. The first kappa shape index (κ1) is 19.5. The molecule has 2 heterocycles. The fourth-order valence-electron chi connectivity index (χ4n) is 3.47. The third-order valence-electron chi connectivity index (χ3n) is 5.06. The predicted octanol–water partition coefficient (Wildman–Crippen LogP) is 4.65. The summed E-state index contributed by atoms with van der Waals surface area (Å²) in [6.45, 7) is 1.73. The molecule has 4 aromatic rings. The molecule has 0 atom stereocenters. The Morgan fingerprint density at radius 1 is 0.812 bits per heavy atom. The molecule has 32 heavy (non-hydrogen) atoms. The molecule has 0 radical (unpaired) electrons. The zero-order valence-electron chi connectivity index (χ0n) is 17.2. The van der Waals surface area contributed by atoms with Gasteiger partial charge in [-0.1, -0.05) is 5.16 Å². The predicted molar refractivity (Wildman–Crippen MR) is 115 cm³/mol. The first-order valence-corrected chi connectivity index (χ1v) is 9.79. The monoisotopic (exact) mass is 427 g/mol. The SMILES string of the molecule is COc1ccc(N2C(=O)c3ccc(Oc4ccc(-c5noc(C)n5)cc4)cc3C2=O)cc1. The van der Waals surface area contributed by atoms with Crippen molar-refractivity contribution in [3.05, 3.63) is 83.7 Å². The standard InChI is InChI=1S/C24H17N3O5/c1-14-25-22(26-32-14)15-3-7-18(8-4-15)31-19-11-12-20-21(13-19)24(29)27(23(20)28)16-5-9-17(30-2)10-6-16/h3-13H,1-2H3. The summed E-state index contributed by atoms with van der Waals surface area (Å²) in [6.07, 6.45) is 0. The van der Waals surface area contributed by atoms with E-state index in [1.165, 1.54) is 0 Å². The molecule has 2 amide bonds. The number of carbonyl (C=O) groups excluding carboxylic acids is 2. The molecule has 8 nitrogen and oxygen atoms in total. The highest BCUT2D eigenvalue weighted by Crippen LogP contribution is 2.33. The van der Waals surface area contributed by atoms with E-state index in [0.29, 0.717) is 45.8 Å². The third kappa shape index (κ3) is 3.37. The Hall–Kier alpha value is -4.46. The van der Waals surface area contributed by atoms with Crippen molar-refractivity contribution in [3.63, 3.8) is 0 Å². The van der Waals surface area contributed by atoms with E-state index in [1.807, 2.05) is 12.1 Å². The highest BCUT2D eigenvalue weighted by atomic mass is 16.5. The van der Waals surface area contributed by atoms with Crippen molar-refractivity contribution in [1.82, 2.24) is 10.1 Å². The second-order valence-electron chi connectivity index (χ2n) is 7.11. The van der Waals surface area contributed by atoms with Crippen molar-refractivity contribution < 1.29 is 23.6 Å². The first-order chi connectivity index (χ1) is 15.5. The second kappa shape index (κ2) is 7.66. The van der Waals surface area contributed by atoms with E-state index in [1.54, 1.807) is 68.6 Å². The van der Waals surface area contributed by atoms with E-state index >= 15 is 0 Å². The van der Waals surface area contributed by atoms with Gasteiger partial charge in [-0.25, -0.2) is 4.90 Å². The number of hydrogen-bond donors (Lipinski definition) is 0. The molecule has 1 aliphatic rings. The summed E-state index contributed by atoms with van der Waals surface area (Å²) in [5.74, 6) is 1.87. The molecule has 0 saturated heterocycles. The summed E-state index contributed by atoms with van der Waals surface area (Å²) >= 11 is 0. The summed E-state index contributed by atoms with van der Waals surface area (Å²) in [4.78, 5) is 31.1. The van der Waals surface area contributed by atoms with Gasteiger partial charge in [-0.3, -0.25) is 9.59 Å². The molecular formula is C24H17N3O5. The Morgan fingerprint density at radius 3 is 2.12 bits per heavy atom. The number of hydrogen-bond acceptors (Lipinski definition) is 7. The topological polar surface area (TPSA) is 94.8 Å². The van der Waals surface area contributed by atoms with Gasteiger partial charge in [0.25, 0.3) is 11.8 Å². The van der Waals surface area contributed by atoms with Gasteiger partial charge in [0.05, 0.1) is 23.9 Å². The molecule has 0 spiro atoms. The summed E-state index contributed by atoms with van der Waals surface area (Å²) < 4.78 is 16.0. The number of fused-ring (bicyclic) bond motifs is 1. The smallest absolute Gasteiger partial charge is 0.266 e. The number of aryl methyl sites for hydroxylation is 1. The van der Waals surface area contributed by atoms with Crippen LogP contribution in [0.15, 0.2) is 71.3 Å². The summed E-state index contributed by atoms with van der Waals surface area (Å²) in [6, 6.07) is 18.8. The molecule has 5 rings (SSSR count). The van der Waals surface area contributed by atoms with Crippen LogP contribution in [-0.4, -0.2) is 29.1 Å². The van der Waals surface area contributed by atoms with Gasteiger partial charge in [0.2, 0.25) is 11.7 Å². The zero-order chi connectivity index (χ0) is 22.2. The number of amides is 2. The van der Waals surface area contributed by atoms with Crippen LogP contribution in [0.4, 0.5) is 5.69 Å². The Kier molecular flexibility index (Phi) is 4.67. The van der Waals surface area contributed by atoms with E-state index < -0.39 is 5.91 Å². The van der Waals surface area contributed by atoms with E-state index in [-0.39, 0.29) is 5.91 Å². The minimum absolute atomic E-state index is 0.294. The third-order valence-corrected chi connectivity index (χ3v) is 5.06. The van der Waals surface area contributed by atoms with Gasteiger partial charge in [-0.15, -0.1) is 0 Å². The van der Waals surface area contributed by atoms with Gasteiger partial charge in [-0.05, 0) is 66.7 Å². The maximum atomic E-state index is 13.0. The Labute approximate surface area is 183 Å². The second-order valence-corrected chi connectivity index (χ2v) is 7.11. The van der Waals surface area contributed by atoms with E-state index in [9.17, 15) is 9.59 Å². The molecule has 0 N–H and O–H groups in total. The van der Waals surface area contributed by atoms with Gasteiger partial charge < -0.3 is 14.0 Å². The lowest BCUT2D eigenvalue weighted by molar-refractivity contribution is 0.0926. The van der Waals surface area contributed by atoms with Gasteiger partial charge in [0, 0.05) is 12.5 Å². The minimum atomic E-state index is -0.400. The van der Waals surface area contributed by atoms with Crippen LogP contribution in [0.3, 0.4) is 0 Å². The Balaban J connectivity index is 1.37. The molecule has 0 saturated carbocycles. The molecule has 0 bridgehead atoms. The highest BCUT2D eigenvalue weighted by Gasteiger charge is 2.37. The number of anilines is 1. The average Bonchev–Trinajstić information content (AvgIpc) is 3.35. The van der Waals surface area contributed by atoms with Crippen molar-refractivity contribution in [1.29, 1.82) is 0 Å². The van der Waals surface area contributed by atoms with Crippen LogP contribution >= 0.6 is 0 Å². The molecule has 0 aliphatic carbocycles. The molecular weight excluding hydrogens is 410 g/mol. The molecule has 8 heteroatoms. The van der Waals surface area contributed by atoms with E-state index in [4.69, 9.17) is 14.0 Å². The van der Waals surface area contributed by atoms with Crippen molar-refractivity contribution in [3.8, 4) is 28.6 Å². The van der Waals surface area contributed by atoms with Crippen LogP contribution in [0.2, 0.25) is 0 Å². The number of imide groups is 1. The maximum Gasteiger partial charge on any atom is 0.266 e. The largest absolute Gasteiger partial charge is 0.497 e. The van der Waals surface area contributed by atoms with E-state index in [0.717, 1.165) is 10.5 Å². The Morgan fingerprint density at radius 2 is 1.47 bits per heavy atom. The van der Waals surface area contributed by atoms with Crippen molar-refractivity contribution in [2.45, 2.75) is 6.92 Å². The fraction of sp³-hybridized carbons (Fsp3) is 0.0833. The van der Waals surface area contributed by atoms with Gasteiger partial charge >= 0.3 is 0 Å². The minimum Gasteiger partial charge on any atom is -0.497 e. The normalized spacial score (nSPS) is 12.8. The van der Waals surface area contributed by atoms with Crippen LogP contribution < -0.4 is 14.4 Å². The number of carbonyl (C=O) groups is 2. The lowest BCUT2D eigenvalue weighted by Gasteiger charge is -2.14. The molecule has 3 aromatic carbocycles. The molecule has 0 fully saturated rings. The van der Waals surface area contributed by atoms with Crippen molar-refractivity contribution in [2.24, 2.45) is 0 Å².